The molecule has 2 aromatic carbocycles. The first-order valence-electron chi connectivity index (χ1n) is 8.20. The summed E-state index contributed by atoms with van der Waals surface area (Å²) >= 11 is 0. The molecule has 0 saturated carbocycles. The Morgan fingerprint density at radius 2 is 1.80 bits per heavy atom. The molecule has 0 bridgehead atoms. The van der Waals surface area contributed by atoms with Crippen LogP contribution in [0.5, 0.6) is 5.75 Å². The number of anilines is 1. The molecular formula is C19H20F2N2O2. The van der Waals surface area contributed by atoms with Crippen molar-refractivity contribution in [3.05, 3.63) is 59.7 Å². The van der Waals surface area contributed by atoms with Crippen LogP contribution in [0.1, 0.15) is 5.56 Å². The molecule has 1 aliphatic rings. The van der Waals surface area contributed by atoms with Gasteiger partial charge in [0.2, 0.25) is 0 Å². The Kier molecular flexibility index (Phi) is 5.16. The molecule has 0 N–H and O–H groups in total. The number of aryl methyl sites for hydroxylation is 1. The quantitative estimate of drug-likeness (QED) is 0.853. The van der Waals surface area contributed by atoms with Gasteiger partial charge < -0.3 is 14.5 Å². The average Bonchev–Trinajstić information content (AvgIpc) is 2.62. The summed E-state index contributed by atoms with van der Waals surface area (Å²) < 4.78 is 31.3. The zero-order valence-electron chi connectivity index (χ0n) is 14.0. The van der Waals surface area contributed by atoms with Crippen LogP contribution in [0.4, 0.5) is 14.5 Å². The smallest absolute Gasteiger partial charge is 0.260 e. The van der Waals surface area contributed by atoms with E-state index in [1.54, 1.807) is 4.90 Å². The Bertz CT molecular complexity index is 759. The molecule has 1 aliphatic heterocycles. The van der Waals surface area contributed by atoms with Gasteiger partial charge in [0, 0.05) is 37.9 Å². The molecule has 0 radical (unpaired) electrons. The van der Waals surface area contributed by atoms with Crippen LogP contribution in [-0.4, -0.2) is 43.6 Å². The summed E-state index contributed by atoms with van der Waals surface area (Å²) in [6.07, 6.45) is 0. The zero-order valence-corrected chi connectivity index (χ0v) is 14.0. The maximum atomic E-state index is 13.1. The second-order valence-electron chi connectivity index (χ2n) is 6.07. The number of carbonyl (C=O) groups is 1. The van der Waals surface area contributed by atoms with E-state index in [4.69, 9.17) is 4.74 Å². The number of halogens is 2. The van der Waals surface area contributed by atoms with Gasteiger partial charge in [-0.3, -0.25) is 4.79 Å². The topological polar surface area (TPSA) is 32.8 Å². The van der Waals surface area contributed by atoms with Gasteiger partial charge in [0.25, 0.3) is 5.91 Å². The summed E-state index contributed by atoms with van der Waals surface area (Å²) in [6.45, 7) is 4.58. The first-order valence-corrected chi connectivity index (χ1v) is 8.20. The molecule has 1 amide bonds. The van der Waals surface area contributed by atoms with E-state index in [1.807, 2.05) is 6.07 Å². The van der Waals surface area contributed by atoms with Crippen LogP contribution < -0.4 is 9.64 Å². The van der Waals surface area contributed by atoms with Crippen LogP contribution >= 0.6 is 0 Å². The zero-order chi connectivity index (χ0) is 17.8. The Balaban J connectivity index is 1.50. The number of ether oxygens (including phenoxy) is 1. The predicted molar refractivity (Wildman–Crippen MR) is 91.8 cm³/mol. The number of rotatable bonds is 4. The normalized spacial score (nSPS) is 14.5. The third kappa shape index (κ3) is 4.26. The molecule has 0 aliphatic carbocycles. The fourth-order valence-electron chi connectivity index (χ4n) is 2.84. The second kappa shape index (κ2) is 7.51. The summed E-state index contributed by atoms with van der Waals surface area (Å²) in [5, 5.41) is 0. The molecule has 1 fully saturated rings. The standard InChI is InChI=1S/C19H20F2N2O2/c1-14-3-2-4-15(11-14)22-7-9-23(10-8-22)19(24)13-25-16-5-6-17(20)18(21)12-16/h2-6,11-12H,7-10,13H2,1H3. The van der Waals surface area contributed by atoms with Crippen molar-refractivity contribution in [1.29, 1.82) is 0 Å². The van der Waals surface area contributed by atoms with Gasteiger partial charge in [-0.15, -0.1) is 0 Å². The molecule has 4 nitrogen and oxygen atoms in total. The minimum absolute atomic E-state index is 0.144. The van der Waals surface area contributed by atoms with Gasteiger partial charge in [0.15, 0.2) is 18.2 Å². The van der Waals surface area contributed by atoms with Crippen LogP contribution in [0.2, 0.25) is 0 Å². The SMILES string of the molecule is Cc1cccc(N2CCN(C(=O)COc3ccc(F)c(F)c3)CC2)c1. The summed E-state index contributed by atoms with van der Waals surface area (Å²) in [4.78, 5) is 16.2. The first kappa shape index (κ1) is 17.2. The van der Waals surface area contributed by atoms with Crippen molar-refractivity contribution in [3.8, 4) is 5.75 Å². The average molecular weight is 346 g/mol. The summed E-state index contributed by atoms with van der Waals surface area (Å²) in [7, 11) is 0. The van der Waals surface area contributed by atoms with Crippen molar-refractivity contribution in [2.24, 2.45) is 0 Å². The third-order valence-corrected chi connectivity index (χ3v) is 4.25. The number of hydrogen-bond acceptors (Lipinski definition) is 3. The summed E-state index contributed by atoms with van der Waals surface area (Å²) in [5.74, 6) is -1.94. The van der Waals surface area contributed by atoms with Crippen molar-refractivity contribution in [2.45, 2.75) is 6.92 Å². The molecule has 132 valence electrons. The van der Waals surface area contributed by atoms with Gasteiger partial charge in [0.05, 0.1) is 0 Å². The molecule has 1 heterocycles. The first-order chi connectivity index (χ1) is 12.0. The largest absolute Gasteiger partial charge is 0.484 e. The molecular weight excluding hydrogens is 326 g/mol. The van der Waals surface area contributed by atoms with E-state index >= 15 is 0 Å². The Morgan fingerprint density at radius 3 is 2.48 bits per heavy atom. The molecule has 3 rings (SSSR count). The van der Waals surface area contributed by atoms with E-state index in [1.165, 1.54) is 11.6 Å². The van der Waals surface area contributed by atoms with E-state index in [0.29, 0.717) is 13.1 Å². The van der Waals surface area contributed by atoms with Crippen LogP contribution in [0.15, 0.2) is 42.5 Å². The Morgan fingerprint density at radius 1 is 1.04 bits per heavy atom. The molecule has 2 aromatic rings. The number of carbonyl (C=O) groups excluding carboxylic acids is 1. The molecule has 1 saturated heterocycles. The van der Waals surface area contributed by atoms with Crippen LogP contribution in [0.3, 0.4) is 0 Å². The molecule has 25 heavy (non-hydrogen) atoms. The molecule has 0 aromatic heterocycles. The van der Waals surface area contributed by atoms with Gasteiger partial charge in [-0.2, -0.15) is 0 Å². The fourth-order valence-corrected chi connectivity index (χ4v) is 2.84. The van der Waals surface area contributed by atoms with Gasteiger partial charge in [-0.25, -0.2) is 8.78 Å². The summed E-state index contributed by atoms with van der Waals surface area (Å²) in [5.41, 5.74) is 2.36. The van der Waals surface area contributed by atoms with Gasteiger partial charge in [-0.05, 0) is 36.8 Å². The Hall–Kier alpha value is -2.63. The van der Waals surface area contributed by atoms with Crippen LogP contribution in [0.25, 0.3) is 0 Å². The van der Waals surface area contributed by atoms with E-state index < -0.39 is 11.6 Å². The molecule has 0 unspecified atom stereocenters. The van der Waals surface area contributed by atoms with E-state index in [9.17, 15) is 13.6 Å². The minimum Gasteiger partial charge on any atom is -0.484 e. The fraction of sp³-hybridized carbons (Fsp3) is 0.316. The second-order valence-corrected chi connectivity index (χ2v) is 6.07. The lowest BCUT2D eigenvalue weighted by atomic mass is 10.2. The van der Waals surface area contributed by atoms with Gasteiger partial charge in [-0.1, -0.05) is 12.1 Å². The number of hydrogen-bond donors (Lipinski definition) is 0. The van der Waals surface area contributed by atoms with Crippen molar-refractivity contribution in [3.63, 3.8) is 0 Å². The molecule has 0 spiro atoms. The van der Waals surface area contributed by atoms with Gasteiger partial charge in [0.1, 0.15) is 5.75 Å². The van der Waals surface area contributed by atoms with Crippen LogP contribution in [-0.2, 0) is 4.79 Å². The van der Waals surface area contributed by atoms with Crippen molar-refractivity contribution in [2.75, 3.05) is 37.7 Å². The maximum Gasteiger partial charge on any atom is 0.260 e. The number of piperazine rings is 1. The highest BCUT2D eigenvalue weighted by Gasteiger charge is 2.21. The molecule has 6 heteroatoms. The maximum absolute atomic E-state index is 13.1. The number of benzene rings is 2. The third-order valence-electron chi connectivity index (χ3n) is 4.25. The highest BCUT2D eigenvalue weighted by atomic mass is 19.2. The van der Waals surface area contributed by atoms with Crippen LogP contribution in [0, 0.1) is 18.6 Å². The predicted octanol–water partition coefficient (Wildman–Crippen LogP) is 3.00. The lowest BCUT2D eigenvalue weighted by Gasteiger charge is -2.36. The van der Waals surface area contributed by atoms with Crippen molar-refractivity contribution >= 4 is 11.6 Å². The highest BCUT2D eigenvalue weighted by molar-refractivity contribution is 5.78. The number of amides is 1. The highest BCUT2D eigenvalue weighted by Crippen LogP contribution is 2.18. The lowest BCUT2D eigenvalue weighted by molar-refractivity contribution is -0.133. The van der Waals surface area contributed by atoms with Crippen molar-refractivity contribution < 1.29 is 18.3 Å². The summed E-state index contributed by atoms with van der Waals surface area (Å²) in [6, 6.07) is 11.5. The minimum atomic E-state index is -0.989. The van der Waals surface area contributed by atoms with E-state index in [-0.39, 0.29) is 18.3 Å². The molecule has 0 atom stereocenters. The Labute approximate surface area is 145 Å². The number of nitrogens with zero attached hydrogens (tertiary/aromatic N) is 2. The van der Waals surface area contributed by atoms with E-state index in [2.05, 4.69) is 30.0 Å². The monoisotopic (exact) mass is 346 g/mol. The lowest BCUT2D eigenvalue weighted by Crippen LogP contribution is -2.50. The van der Waals surface area contributed by atoms with Crippen molar-refractivity contribution in [1.82, 2.24) is 4.90 Å². The van der Waals surface area contributed by atoms with Gasteiger partial charge >= 0.3 is 0 Å². The van der Waals surface area contributed by atoms with E-state index in [0.717, 1.165) is 30.9 Å².